The number of ketones is 1. The fourth-order valence-corrected chi connectivity index (χ4v) is 2.86. The first kappa shape index (κ1) is 19.4. The fraction of sp³-hybridized carbons (Fsp3) is 0.500. The Bertz CT molecular complexity index is 555. The van der Waals surface area contributed by atoms with E-state index in [2.05, 4.69) is 64.1 Å². The van der Waals surface area contributed by atoms with Crippen LogP contribution in [0.2, 0.25) is 0 Å². The van der Waals surface area contributed by atoms with E-state index >= 15 is 0 Å². The van der Waals surface area contributed by atoms with Gasteiger partial charge in [-0.05, 0) is 47.8 Å². The lowest BCUT2D eigenvalue weighted by Gasteiger charge is -2.24. The minimum absolute atomic E-state index is 0.259. The van der Waals surface area contributed by atoms with Gasteiger partial charge in [-0.25, -0.2) is 0 Å². The molecule has 1 atom stereocenters. The monoisotopic (exact) mass is 312 g/mol. The molecule has 0 bridgehead atoms. The van der Waals surface area contributed by atoms with Crippen molar-refractivity contribution in [2.75, 3.05) is 0 Å². The van der Waals surface area contributed by atoms with Crippen molar-refractivity contribution in [3.63, 3.8) is 0 Å². The molecule has 1 rings (SSSR count). The van der Waals surface area contributed by atoms with Crippen LogP contribution in [-0.2, 0) is 4.79 Å². The highest BCUT2D eigenvalue weighted by Gasteiger charge is 2.18. The van der Waals surface area contributed by atoms with Gasteiger partial charge in [0.25, 0.3) is 0 Å². The first-order chi connectivity index (χ1) is 10.7. The van der Waals surface area contributed by atoms with E-state index in [1.807, 2.05) is 19.9 Å². The average Bonchev–Trinajstić information content (AvgIpc) is 2.46. The molecule has 126 valence electrons. The second-order valence-electron chi connectivity index (χ2n) is 7.72. The Balaban J connectivity index is 3.13. The summed E-state index contributed by atoms with van der Waals surface area (Å²) >= 11 is 0. The van der Waals surface area contributed by atoms with Crippen molar-refractivity contribution in [3.8, 4) is 0 Å². The molecule has 0 spiro atoms. The van der Waals surface area contributed by atoms with E-state index < -0.39 is 0 Å². The minimum atomic E-state index is 0.259. The number of carbonyl (C=O) groups excluding carboxylic acids is 1. The van der Waals surface area contributed by atoms with Gasteiger partial charge in [0.2, 0.25) is 0 Å². The molecule has 1 aromatic carbocycles. The second kappa shape index (κ2) is 8.86. The summed E-state index contributed by atoms with van der Waals surface area (Å²) < 4.78 is 0. The van der Waals surface area contributed by atoms with Crippen molar-refractivity contribution in [1.82, 2.24) is 0 Å². The third-order valence-electron chi connectivity index (χ3n) is 3.92. The van der Waals surface area contributed by atoms with E-state index in [0.29, 0.717) is 12.3 Å². The van der Waals surface area contributed by atoms with Crippen LogP contribution in [0, 0.1) is 11.3 Å². The summed E-state index contributed by atoms with van der Waals surface area (Å²) in [7, 11) is 0. The van der Waals surface area contributed by atoms with Crippen LogP contribution >= 0.6 is 0 Å². The number of carbonyl (C=O) groups is 1. The Morgan fingerprint density at radius 3 is 2.30 bits per heavy atom. The molecule has 0 N–H and O–H groups in total. The maximum atomic E-state index is 12.1. The van der Waals surface area contributed by atoms with Crippen molar-refractivity contribution in [2.24, 2.45) is 11.3 Å². The van der Waals surface area contributed by atoms with Crippen LogP contribution in [0.5, 0.6) is 0 Å². The van der Waals surface area contributed by atoms with Gasteiger partial charge in [-0.1, -0.05) is 77.1 Å². The molecule has 0 fully saturated rings. The Hall–Kier alpha value is -1.63. The average molecular weight is 312 g/mol. The molecule has 0 aromatic heterocycles. The quantitative estimate of drug-likeness (QED) is 0.417. The van der Waals surface area contributed by atoms with Crippen LogP contribution in [0.1, 0.15) is 66.4 Å². The SMILES string of the molecule is CCCC(=O)/C(C)=C/C(=C/c1ccccc1)C(C)CC(C)(C)C. The highest BCUT2D eigenvalue weighted by Crippen LogP contribution is 2.30. The van der Waals surface area contributed by atoms with Crippen LogP contribution in [0.3, 0.4) is 0 Å². The molecule has 1 unspecified atom stereocenters. The van der Waals surface area contributed by atoms with Gasteiger partial charge >= 0.3 is 0 Å². The molecular formula is C22H32O. The molecule has 1 heteroatoms. The van der Waals surface area contributed by atoms with E-state index in [9.17, 15) is 4.79 Å². The van der Waals surface area contributed by atoms with Crippen LogP contribution < -0.4 is 0 Å². The van der Waals surface area contributed by atoms with E-state index in [0.717, 1.165) is 18.4 Å². The van der Waals surface area contributed by atoms with Crippen LogP contribution in [0.25, 0.3) is 6.08 Å². The summed E-state index contributed by atoms with van der Waals surface area (Å²) in [6, 6.07) is 10.4. The number of rotatable bonds is 7. The fourth-order valence-electron chi connectivity index (χ4n) is 2.86. The summed E-state index contributed by atoms with van der Waals surface area (Å²) in [5.41, 5.74) is 3.57. The molecule has 0 saturated heterocycles. The zero-order chi connectivity index (χ0) is 17.5. The Kier molecular flexibility index (Phi) is 7.48. The Labute approximate surface area is 142 Å². The molecule has 23 heavy (non-hydrogen) atoms. The van der Waals surface area contributed by atoms with Gasteiger partial charge in [0.1, 0.15) is 0 Å². The number of hydrogen-bond donors (Lipinski definition) is 0. The Morgan fingerprint density at radius 1 is 1.17 bits per heavy atom. The van der Waals surface area contributed by atoms with E-state index in [4.69, 9.17) is 0 Å². The van der Waals surface area contributed by atoms with Gasteiger partial charge in [0.15, 0.2) is 5.78 Å². The number of hydrogen-bond acceptors (Lipinski definition) is 1. The van der Waals surface area contributed by atoms with Gasteiger partial charge in [0, 0.05) is 6.42 Å². The van der Waals surface area contributed by atoms with Crippen LogP contribution in [0.15, 0.2) is 47.6 Å². The first-order valence-electron chi connectivity index (χ1n) is 8.71. The zero-order valence-electron chi connectivity index (χ0n) is 15.6. The van der Waals surface area contributed by atoms with Gasteiger partial charge in [-0.3, -0.25) is 4.79 Å². The largest absolute Gasteiger partial charge is 0.295 e. The first-order valence-corrected chi connectivity index (χ1v) is 8.71. The molecule has 0 heterocycles. The van der Waals surface area contributed by atoms with Crippen molar-refractivity contribution >= 4 is 11.9 Å². The summed E-state index contributed by atoms with van der Waals surface area (Å²) in [5, 5.41) is 0. The molecule has 0 radical (unpaired) electrons. The minimum Gasteiger partial charge on any atom is -0.295 e. The number of Topliss-reactive ketones (excluding diaryl/α,β-unsaturated/α-hetero) is 1. The number of allylic oxidation sites excluding steroid dienone is 3. The van der Waals surface area contributed by atoms with Gasteiger partial charge in [-0.15, -0.1) is 0 Å². The predicted octanol–water partition coefficient (Wildman–Crippen LogP) is 6.46. The normalized spacial score (nSPS) is 14.7. The van der Waals surface area contributed by atoms with E-state index in [1.54, 1.807) is 0 Å². The maximum absolute atomic E-state index is 12.1. The van der Waals surface area contributed by atoms with Crippen molar-refractivity contribution in [2.45, 2.75) is 60.8 Å². The van der Waals surface area contributed by atoms with Gasteiger partial charge in [0.05, 0.1) is 0 Å². The summed E-state index contributed by atoms with van der Waals surface area (Å²) in [5.74, 6) is 0.675. The lowest BCUT2D eigenvalue weighted by atomic mass is 9.81. The highest BCUT2D eigenvalue weighted by molar-refractivity contribution is 5.95. The summed E-state index contributed by atoms with van der Waals surface area (Å²) in [4.78, 5) is 12.1. The standard InChI is InChI=1S/C22H32O/c1-7-11-21(23)17(2)14-20(18(3)16-22(4,5)6)15-19-12-9-8-10-13-19/h8-10,12-15,18H,7,11,16H2,1-6H3/b17-14+,20-15-. The molecule has 1 aromatic rings. The highest BCUT2D eigenvalue weighted by atomic mass is 16.1. The van der Waals surface area contributed by atoms with Crippen molar-refractivity contribution in [1.29, 1.82) is 0 Å². The van der Waals surface area contributed by atoms with Crippen LogP contribution in [0.4, 0.5) is 0 Å². The maximum Gasteiger partial charge on any atom is 0.158 e. The molecular weight excluding hydrogens is 280 g/mol. The Morgan fingerprint density at radius 2 is 1.78 bits per heavy atom. The molecule has 0 amide bonds. The van der Waals surface area contributed by atoms with Gasteiger partial charge in [-0.2, -0.15) is 0 Å². The van der Waals surface area contributed by atoms with Crippen molar-refractivity contribution in [3.05, 3.63) is 53.1 Å². The van der Waals surface area contributed by atoms with Crippen LogP contribution in [-0.4, -0.2) is 5.78 Å². The predicted molar refractivity (Wildman–Crippen MR) is 101 cm³/mol. The summed E-state index contributed by atoms with van der Waals surface area (Å²) in [6.45, 7) is 13.1. The smallest absolute Gasteiger partial charge is 0.158 e. The van der Waals surface area contributed by atoms with Gasteiger partial charge < -0.3 is 0 Å². The molecule has 0 saturated carbocycles. The van der Waals surface area contributed by atoms with E-state index in [1.165, 1.54) is 11.1 Å². The third-order valence-corrected chi connectivity index (χ3v) is 3.92. The van der Waals surface area contributed by atoms with Crippen molar-refractivity contribution < 1.29 is 4.79 Å². The zero-order valence-corrected chi connectivity index (χ0v) is 15.6. The molecule has 1 nitrogen and oxygen atoms in total. The second-order valence-corrected chi connectivity index (χ2v) is 7.72. The topological polar surface area (TPSA) is 17.1 Å². The van der Waals surface area contributed by atoms with E-state index in [-0.39, 0.29) is 11.2 Å². The molecule has 0 aliphatic heterocycles. The third kappa shape index (κ3) is 7.45. The number of benzene rings is 1. The molecule has 0 aliphatic rings. The lowest BCUT2D eigenvalue weighted by molar-refractivity contribution is -0.115. The summed E-state index contributed by atoms with van der Waals surface area (Å²) in [6.07, 6.45) is 6.95. The molecule has 0 aliphatic carbocycles. The lowest BCUT2D eigenvalue weighted by Crippen LogP contribution is -2.12.